The fourth-order valence-electron chi connectivity index (χ4n) is 4.18. The molecule has 35 heavy (non-hydrogen) atoms. The Bertz CT molecular complexity index is 854. The first-order valence-electron chi connectivity index (χ1n) is 11.8. The zero-order chi connectivity index (χ0) is 25.4. The number of rotatable bonds is 11. The number of ether oxygens (including phenoxy) is 1. The van der Waals surface area contributed by atoms with Crippen LogP contribution in [0.15, 0.2) is 11.2 Å². The van der Waals surface area contributed by atoms with Gasteiger partial charge in [-0.15, -0.1) is 0 Å². The van der Waals surface area contributed by atoms with Gasteiger partial charge in [0.25, 0.3) is 12.3 Å². The molecule has 1 aromatic heterocycles. The maximum absolute atomic E-state index is 13.0. The largest absolute Gasteiger partial charge is 0.393 e. The molecule has 1 aromatic rings. The molecule has 2 aliphatic rings. The molecule has 1 aliphatic carbocycles. The first kappa shape index (κ1) is 27.2. The monoisotopic (exact) mass is 504 g/mol. The van der Waals surface area contributed by atoms with Crippen LogP contribution in [0.3, 0.4) is 0 Å². The van der Waals surface area contributed by atoms with Gasteiger partial charge in [0.2, 0.25) is 5.95 Å². The Morgan fingerprint density at radius 1 is 1.29 bits per heavy atom. The van der Waals surface area contributed by atoms with E-state index in [2.05, 4.69) is 30.3 Å². The van der Waals surface area contributed by atoms with Crippen molar-refractivity contribution >= 4 is 23.9 Å². The topological polar surface area (TPSA) is 112 Å². The van der Waals surface area contributed by atoms with Gasteiger partial charge < -0.3 is 20.5 Å². The Morgan fingerprint density at radius 3 is 2.71 bits per heavy atom. The molecule has 3 rings (SSSR count). The van der Waals surface area contributed by atoms with Crippen LogP contribution in [0.2, 0.25) is 0 Å². The second-order valence-corrected chi connectivity index (χ2v) is 9.03. The number of anilines is 1. The van der Waals surface area contributed by atoms with Gasteiger partial charge in [-0.1, -0.05) is 0 Å². The minimum atomic E-state index is -2.90. The highest BCUT2D eigenvalue weighted by Gasteiger charge is 2.27. The Morgan fingerprint density at radius 2 is 2.03 bits per heavy atom. The highest BCUT2D eigenvalue weighted by Crippen LogP contribution is 2.25. The first-order valence-corrected chi connectivity index (χ1v) is 11.8. The molecule has 2 fully saturated rings. The molecule has 0 unspecified atom stereocenters. The molecule has 0 radical (unpaired) electrons. The van der Waals surface area contributed by atoms with Gasteiger partial charge in [0, 0.05) is 37.6 Å². The maximum atomic E-state index is 13.0. The molecule has 2 heterocycles. The van der Waals surface area contributed by atoms with Gasteiger partial charge in [-0.2, -0.15) is 13.8 Å². The zero-order valence-electron chi connectivity index (χ0n) is 19.5. The van der Waals surface area contributed by atoms with Gasteiger partial charge in [0.1, 0.15) is 5.56 Å². The summed E-state index contributed by atoms with van der Waals surface area (Å²) in [6, 6.07) is -0.818. The molecule has 1 saturated carbocycles. The fraction of sp³-hybridized carbons (Fsp3) is 0.727. The number of aliphatic hydroxyl groups excluding tert-OH is 1. The van der Waals surface area contributed by atoms with Crippen molar-refractivity contribution in [3.05, 3.63) is 11.8 Å². The highest BCUT2D eigenvalue weighted by atomic mass is 19.3. The number of amides is 1. The summed E-state index contributed by atoms with van der Waals surface area (Å²) in [5.74, 6) is -0.143. The molecule has 13 heteroatoms. The van der Waals surface area contributed by atoms with E-state index in [1.807, 2.05) is 0 Å². The summed E-state index contributed by atoms with van der Waals surface area (Å²) in [5.41, 5.74) is 0.117. The predicted molar refractivity (Wildman–Crippen MR) is 122 cm³/mol. The van der Waals surface area contributed by atoms with Crippen LogP contribution in [0.1, 0.15) is 49.4 Å². The number of hydrogen-bond donors (Lipinski definition) is 3. The highest BCUT2D eigenvalue weighted by molar-refractivity contribution is 5.98. The summed E-state index contributed by atoms with van der Waals surface area (Å²) < 4.78 is 54.2. The molecule has 0 bridgehead atoms. The maximum Gasteiger partial charge on any atom is 0.345 e. The van der Waals surface area contributed by atoms with Gasteiger partial charge in [-0.25, -0.2) is 18.8 Å². The quantitative estimate of drug-likeness (QED) is 0.314. The van der Waals surface area contributed by atoms with Crippen molar-refractivity contribution in [3.8, 4) is 0 Å². The predicted octanol–water partition coefficient (Wildman–Crippen LogP) is 2.84. The summed E-state index contributed by atoms with van der Waals surface area (Å²) in [6.45, 7) is -1.11. The standard InChI is InChI=1S/C22H32F4N6O3/c1-13(12-35-21(25)26)29-22-28-9-17(19(31-22)27-8-14-2-4-16(33)5-3-14)20(34)30-15-6-7-32(10-15)11-18(23)24/h8-9,13-16,18,21,33H,2-7,10-12H2,1H3,(H,30,34)(H,28,29,31)/b27-8-/t13-,14?,15-,16?/m0/s1. The van der Waals surface area contributed by atoms with E-state index in [9.17, 15) is 27.5 Å². The number of nitrogens with zero attached hydrogens (tertiary/aromatic N) is 4. The van der Waals surface area contributed by atoms with E-state index in [1.165, 1.54) is 6.20 Å². The van der Waals surface area contributed by atoms with Crippen molar-refractivity contribution in [2.24, 2.45) is 10.9 Å². The molecule has 0 spiro atoms. The molecule has 9 nitrogen and oxygen atoms in total. The molecule has 3 N–H and O–H groups in total. The Kier molecular flexibility index (Phi) is 10.2. The van der Waals surface area contributed by atoms with Crippen LogP contribution in [0.5, 0.6) is 0 Å². The average molecular weight is 505 g/mol. The molecular weight excluding hydrogens is 472 g/mol. The number of aromatic nitrogens is 2. The van der Waals surface area contributed by atoms with Crippen molar-refractivity contribution in [1.82, 2.24) is 20.2 Å². The van der Waals surface area contributed by atoms with Crippen LogP contribution in [0, 0.1) is 5.92 Å². The summed E-state index contributed by atoms with van der Waals surface area (Å²) in [5, 5.41) is 15.4. The lowest BCUT2D eigenvalue weighted by molar-refractivity contribution is -0.130. The molecule has 196 valence electrons. The third-order valence-electron chi connectivity index (χ3n) is 6.01. The number of halogens is 4. The third-order valence-corrected chi connectivity index (χ3v) is 6.01. The van der Waals surface area contributed by atoms with E-state index in [4.69, 9.17) is 0 Å². The van der Waals surface area contributed by atoms with Crippen LogP contribution in [-0.2, 0) is 4.74 Å². The van der Waals surface area contributed by atoms with Crippen LogP contribution in [0.25, 0.3) is 0 Å². The minimum absolute atomic E-state index is 0.0992. The number of aliphatic hydroxyl groups is 1. The van der Waals surface area contributed by atoms with Crippen LogP contribution >= 0.6 is 0 Å². The van der Waals surface area contributed by atoms with Crippen molar-refractivity contribution < 1.29 is 32.2 Å². The van der Waals surface area contributed by atoms with Crippen molar-refractivity contribution in [1.29, 1.82) is 0 Å². The van der Waals surface area contributed by atoms with E-state index in [0.29, 0.717) is 32.4 Å². The summed E-state index contributed by atoms with van der Waals surface area (Å²) in [4.78, 5) is 27.4. The normalized spacial score (nSPS) is 24.4. The van der Waals surface area contributed by atoms with Gasteiger partial charge >= 0.3 is 6.61 Å². The Balaban J connectivity index is 1.71. The number of carbonyl (C=O) groups excluding carboxylic acids is 1. The lowest BCUT2D eigenvalue weighted by Gasteiger charge is -2.22. The minimum Gasteiger partial charge on any atom is -0.393 e. The molecule has 0 aromatic carbocycles. The van der Waals surface area contributed by atoms with Crippen LogP contribution < -0.4 is 10.6 Å². The van der Waals surface area contributed by atoms with Crippen LogP contribution in [0.4, 0.5) is 29.3 Å². The van der Waals surface area contributed by atoms with Crippen molar-refractivity contribution in [3.63, 3.8) is 0 Å². The van der Waals surface area contributed by atoms with E-state index >= 15 is 0 Å². The molecule has 2 atom stereocenters. The van der Waals surface area contributed by atoms with E-state index in [-0.39, 0.29) is 48.5 Å². The summed E-state index contributed by atoms with van der Waals surface area (Å²) in [6.07, 6.45) is 3.64. The number of carbonyl (C=O) groups is 1. The molecule has 1 saturated heterocycles. The summed E-state index contributed by atoms with van der Waals surface area (Å²) >= 11 is 0. The van der Waals surface area contributed by atoms with Crippen LogP contribution in [-0.4, -0.2) is 89.6 Å². The number of aliphatic imine (C=N–C) groups is 1. The molecule has 1 amide bonds. The number of likely N-dealkylation sites (tertiary alicyclic amines) is 1. The SMILES string of the molecule is C[C@@H](COC(F)F)Nc1ncc(C(=O)N[C@H]2CCN(CC(F)F)C2)c(/N=C\C2CCC(O)CC2)n1. The van der Waals surface area contributed by atoms with Gasteiger partial charge in [0.05, 0.1) is 19.3 Å². The van der Waals surface area contributed by atoms with E-state index in [1.54, 1.807) is 18.0 Å². The zero-order valence-corrected chi connectivity index (χ0v) is 19.5. The van der Waals surface area contributed by atoms with Crippen molar-refractivity contribution in [2.75, 3.05) is 31.6 Å². The van der Waals surface area contributed by atoms with E-state index < -0.39 is 25.0 Å². The Labute approximate surface area is 201 Å². The lowest BCUT2D eigenvalue weighted by atomic mass is 9.88. The smallest absolute Gasteiger partial charge is 0.345 e. The Hall–Kier alpha value is -2.38. The van der Waals surface area contributed by atoms with Gasteiger partial charge in [-0.3, -0.25) is 9.69 Å². The second kappa shape index (κ2) is 13.1. The number of nitrogens with one attached hydrogen (secondary N) is 2. The average Bonchev–Trinajstić information content (AvgIpc) is 3.23. The van der Waals surface area contributed by atoms with Gasteiger partial charge in [-0.05, 0) is 44.9 Å². The summed E-state index contributed by atoms with van der Waals surface area (Å²) in [7, 11) is 0. The second-order valence-electron chi connectivity index (χ2n) is 9.03. The fourth-order valence-corrected chi connectivity index (χ4v) is 4.18. The number of hydrogen-bond acceptors (Lipinski definition) is 8. The van der Waals surface area contributed by atoms with Gasteiger partial charge in [0.15, 0.2) is 5.82 Å². The van der Waals surface area contributed by atoms with E-state index in [0.717, 1.165) is 12.8 Å². The third kappa shape index (κ3) is 8.97. The molecular formula is C22H32F4N6O3. The number of alkyl halides is 4. The van der Waals surface area contributed by atoms with Crippen molar-refractivity contribution in [2.45, 2.75) is 70.3 Å². The first-order chi connectivity index (χ1) is 16.7. The lowest BCUT2D eigenvalue weighted by Crippen LogP contribution is -2.38. The molecule has 1 aliphatic heterocycles.